The number of hydrogen-bond donors (Lipinski definition) is 2. The van der Waals surface area contributed by atoms with Crippen LogP contribution in [0, 0.1) is 24.7 Å². The maximum absolute atomic E-state index is 14.1. The second-order valence-corrected chi connectivity index (χ2v) is 11.7. The quantitative estimate of drug-likeness (QED) is 0.533. The Morgan fingerprint density at radius 3 is 2.62 bits per heavy atom. The summed E-state index contributed by atoms with van der Waals surface area (Å²) < 4.78 is 6.49. The van der Waals surface area contributed by atoms with Crippen LogP contribution in [0.3, 0.4) is 0 Å². The highest BCUT2D eigenvalue weighted by Crippen LogP contribution is 2.55. The minimum Gasteiger partial charge on any atom is -0.359 e. The number of aryl methyl sites for hydroxylation is 1. The van der Waals surface area contributed by atoms with Gasteiger partial charge in [-0.15, -0.1) is 0 Å². The summed E-state index contributed by atoms with van der Waals surface area (Å²) >= 11 is 0. The van der Waals surface area contributed by atoms with Gasteiger partial charge in [0.25, 0.3) is 0 Å². The van der Waals surface area contributed by atoms with Gasteiger partial charge < -0.3 is 20.3 Å². The SMILES string of the molecule is Cc1cccc(NC(=O)[C@@H]2[C@@H]3C=C[C@]4(O3)[C@@H]2C(=O)N(CCc2ccccc2)[C@H]4C(=O)N[C@H]2CCCC[C@@H]2C)c1. The van der Waals surface area contributed by atoms with Crippen molar-refractivity contribution in [3.8, 4) is 0 Å². The molecule has 0 unspecified atom stereocenters. The summed E-state index contributed by atoms with van der Waals surface area (Å²) in [6, 6.07) is 16.8. The molecule has 2 N–H and O–H groups in total. The van der Waals surface area contributed by atoms with Gasteiger partial charge in [0.2, 0.25) is 17.7 Å². The van der Waals surface area contributed by atoms with Crippen LogP contribution in [-0.2, 0) is 25.5 Å². The fraction of sp³-hybridized carbons (Fsp3) is 0.469. The highest BCUT2D eigenvalue weighted by atomic mass is 16.5. The summed E-state index contributed by atoms with van der Waals surface area (Å²) in [6.45, 7) is 4.53. The smallest absolute Gasteiger partial charge is 0.246 e. The van der Waals surface area contributed by atoms with Gasteiger partial charge in [-0.3, -0.25) is 14.4 Å². The second-order valence-electron chi connectivity index (χ2n) is 11.7. The topological polar surface area (TPSA) is 87.7 Å². The Morgan fingerprint density at radius 1 is 1.05 bits per heavy atom. The lowest BCUT2D eigenvalue weighted by atomic mass is 9.74. The minimum absolute atomic E-state index is 0.0794. The molecule has 1 saturated carbocycles. The Kier molecular flexibility index (Phi) is 6.79. The van der Waals surface area contributed by atoms with Gasteiger partial charge in [0.05, 0.1) is 17.9 Å². The van der Waals surface area contributed by atoms with Crippen molar-refractivity contribution in [3.05, 3.63) is 77.9 Å². The van der Waals surface area contributed by atoms with Crippen molar-refractivity contribution < 1.29 is 19.1 Å². The Balaban J connectivity index is 1.30. The molecule has 2 saturated heterocycles. The highest BCUT2D eigenvalue weighted by molar-refractivity contribution is 6.02. The van der Waals surface area contributed by atoms with E-state index in [9.17, 15) is 14.4 Å². The number of nitrogens with one attached hydrogen (secondary N) is 2. The van der Waals surface area contributed by atoms with E-state index in [4.69, 9.17) is 4.74 Å². The van der Waals surface area contributed by atoms with Crippen molar-refractivity contribution in [2.45, 2.75) is 69.7 Å². The van der Waals surface area contributed by atoms with Crippen LogP contribution in [0.25, 0.3) is 0 Å². The molecule has 0 aromatic heterocycles. The number of ether oxygens (including phenoxy) is 1. The molecule has 3 aliphatic heterocycles. The third-order valence-corrected chi connectivity index (χ3v) is 9.13. The lowest BCUT2D eigenvalue weighted by Gasteiger charge is -2.36. The molecule has 0 radical (unpaired) electrons. The molecule has 1 spiro atoms. The normalized spacial score (nSPS) is 32.8. The van der Waals surface area contributed by atoms with Gasteiger partial charge in [0.15, 0.2) is 0 Å². The monoisotopic (exact) mass is 527 g/mol. The van der Waals surface area contributed by atoms with Crippen molar-refractivity contribution in [2.24, 2.45) is 17.8 Å². The number of fused-ring (bicyclic) bond motifs is 1. The summed E-state index contributed by atoms with van der Waals surface area (Å²) in [5.41, 5.74) is 1.67. The standard InChI is InChI=1S/C32H37N3O4/c1-20-9-8-13-23(19-20)33-29(36)26-25-15-17-32(39-25)27(26)31(38)35(18-16-22-11-4-3-5-12-22)28(32)30(37)34-24-14-7-6-10-21(24)2/h3-5,8-9,11-13,15,17,19,21,24-28H,6-7,10,14,16,18H2,1-2H3,(H,33,36)(H,34,37)/t21-,24-,25-,26+,27-,28-,32-/m0/s1. The molecule has 7 atom stereocenters. The molecule has 39 heavy (non-hydrogen) atoms. The predicted molar refractivity (Wildman–Crippen MR) is 149 cm³/mol. The van der Waals surface area contributed by atoms with Crippen molar-refractivity contribution >= 4 is 23.4 Å². The predicted octanol–water partition coefficient (Wildman–Crippen LogP) is 4.02. The number of likely N-dealkylation sites (tertiary alicyclic amines) is 1. The minimum atomic E-state index is -1.14. The molecule has 3 amide bonds. The number of hydrogen-bond acceptors (Lipinski definition) is 4. The number of benzene rings is 2. The van der Waals surface area contributed by atoms with Crippen LogP contribution in [0.15, 0.2) is 66.7 Å². The molecule has 1 aliphatic carbocycles. The van der Waals surface area contributed by atoms with Gasteiger partial charge in [-0.05, 0) is 55.4 Å². The van der Waals surface area contributed by atoms with Gasteiger partial charge in [0.1, 0.15) is 11.6 Å². The van der Waals surface area contributed by atoms with E-state index < -0.39 is 29.6 Å². The van der Waals surface area contributed by atoms with E-state index in [0.717, 1.165) is 30.4 Å². The van der Waals surface area contributed by atoms with Crippen LogP contribution in [0.5, 0.6) is 0 Å². The first-order valence-corrected chi connectivity index (χ1v) is 14.3. The first-order chi connectivity index (χ1) is 18.9. The van der Waals surface area contributed by atoms with Crippen LogP contribution >= 0.6 is 0 Å². The Labute approximate surface area is 230 Å². The molecular weight excluding hydrogens is 490 g/mol. The molecular formula is C32H37N3O4. The Bertz CT molecular complexity index is 1290. The average Bonchev–Trinajstić information content (AvgIpc) is 3.56. The van der Waals surface area contributed by atoms with Gasteiger partial charge >= 0.3 is 0 Å². The van der Waals surface area contributed by atoms with Gasteiger partial charge in [0, 0.05) is 18.3 Å². The molecule has 2 bridgehead atoms. The highest BCUT2D eigenvalue weighted by Gasteiger charge is 2.72. The first kappa shape index (κ1) is 25.8. The van der Waals surface area contributed by atoms with Crippen molar-refractivity contribution in [1.29, 1.82) is 0 Å². The zero-order chi connectivity index (χ0) is 27.1. The molecule has 204 valence electrons. The molecule has 6 rings (SSSR count). The van der Waals surface area contributed by atoms with E-state index >= 15 is 0 Å². The fourth-order valence-electron chi connectivity index (χ4n) is 7.14. The molecule has 7 nitrogen and oxygen atoms in total. The average molecular weight is 528 g/mol. The van der Waals surface area contributed by atoms with Crippen LogP contribution in [0.1, 0.15) is 43.7 Å². The molecule has 3 heterocycles. The number of nitrogens with zero attached hydrogens (tertiary/aromatic N) is 1. The molecule has 2 aromatic rings. The van der Waals surface area contributed by atoms with Gasteiger partial charge in [-0.1, -0.05) is 74.4 Å². The van der Waals surface area contributed by atoms with Crippen LogP contribution < -0.4 is 10.6 Å². The summed E-state index contributed by atoms with van der Waals surface area (Å²) in [5.74, 6) is -1.67. The van der Waals surface area contributed by atoms with E-state index in [0.29, 0.717) is 24.6 Å². The summed E-state index contributed by atoms with van der Waals surface area (Å²) in [4.78, 5) is 43.5. The number of rotatable bonds is 7. The molecule has 3 fully saturated rings. The number of carbonyl (C=O) groups excluding carboxylic acids is 3. The maximum Gasteiger partial charge on any atom is 0.246 e. The lowest BCUT2D eigenvalue weighted by Crippen LogP contribution is -2.57. The van der Waals surface area contributed by atoms with Gasteiger partial charge in [-0.2, -0.15) is 0 Å². The van der Waals surface area contributed by atoms with Gasteiger partial charge in [-0.25, -0.2) is 0 Å². The largest absolute Gasteiger partial charge is 0.359 e. The van der Waals surface area contributed by atoms with Crippen LogP contribution in [-0.4, -0.2) is 53.0 Å². The molecule has 4 aliphatic rings. The number of amides is 3. The Hall–Kier alpha value is -3.45. The lowest BCUT2D eigenvalue weighted by molar-refractivity contribution is -0.141. The van der Waals surface area contributed by atoms with Crippen molar-refractivity contribution in [2.75, 3.05) is 11.9 Å². The third-order valence-electron chi connectivity index (χ3n) is 9.13. The van der Waals surface area contributed by atoms with Crippen LogP contribution in [0.4, 0.5) is 5.69 Å². The number of anilines is 1. The first-order valence-electron chi connectivity index (χ1n) is 14.3. The zero-order valence-corrected chi connectivity index (χ0v) is 22.6. The second kappa shape index (κ2) is 10.3. The molecule has 2 aromatic carbocycles. The molecule has 7 heteroatoms. The summed E-state index contributed by atoms with van der Waals surface area (Å²) in [6.07, 6.45) is 8.12. The summed E-state index contributed by atoms with van der Waals surface area (Å²) in [5, 5.41) is 6.30. The van der Waals surface area contributed by atoms with Crippen molar-refractivity contribution in [3.63, 3.8) is 0 Å². The number of carbonyl (C=O) groups is 3. The fourth-order valence-corrected chi connectivity index (χ4v) is 7.14. The Morgan fingerprint density at radius 2 is 1.85 bits per heavy atom. The maximum atomic E-state index is 14.1. The van der Waals surface area contributed by atoms with E-state index in [2.05, 4.69) is 17.6 Å². The summed E-state index contributed by atoms with van der Waals surface area (Å²) in [7, 11) is 0. The third kappa shape index (κ3) is 4.56. The van der Waals surface area contributed by atoms with Crippen molar-refractivity contribution in [1.82, 2.24) is 10.2 Å². The van der Waals surface area contributed by atoms with E-state index in [1.807, 2.05) is 73.7 Å². The van der Waals surface area contributed by atoms with E-state index in [-0.39, 0.29) is 23.8 Å². The van der Waals surface area contributed by atoms with Crippen LogP contribution in [0.2, 0.25) is 0 Å². The zero-order valence-electron chi connectivity index (χ0n) is 22.6. The van der Waals surface area contributed by atoms with E-state index in [1.54, 1.807) is 4.90 Å². The van der Waals surface area contributed by atoms with E-state index in [1.165, 1.54) is 6.42 Å².